The number of alkyl halides is 1. The second kappa shape index (κ2) is 3.81. The van der Waals surface area contributed by atoms with Crippen LogP contribution >= 0.6 is 0 Å². The van der Waals surface area contributed by atoms with Gasteiger partial charge in [0.25, 0.3) is 0 Å². The van der Waals surface area contributed by atoms with Crippen molar-refractivity contribution in [2.45, 2.75) is 38.4 Å². The summed E-state index contributed by atoms with van der Waals surface area (Å²) < 4.78 is 14.5. The Morgan fingerprint density at radius 3 is 2.65 bits per heavy atom. The van der Waals surface area contributed by atoms with Crippen molar-refractivity contribution < 1.29 is 4.39 Å². The van der Waals surface area contributed by atoms with E-state index in [-0.39, 0.29) is 5.41 Å². The molecular weight excluding hydrogens is 213 g/mol. The molecule has 1 aliphatic heterocycles. The van der Waals surface area contributed by atoms with E-state index in [0.717, 1.165) is 32.4 Å². The van der Waals surface area contributed by atoms with Gasteiger partial charge in [-0.2, -0.15) is 0 Å². The third-order valence-corrected chi connectivity index (χ3v) is 4.28. The molecule has 0 spiro atoms. The van der Waals surface area contributed by atoms with Gasteiger partial charge in [-0.25, -0.2) is 4.39 Å². The molecule has 2 bridgehead atoms. The molecule has 0 amide bonds. The summed E-state index contributed by atoms with van der Waals surface area (Å²) in [4.78, 5) is 2.30. The first-order valence-electron chi connectivity index (χ1n) is 6.52. The minimum absolute atomic E-state index is 0.210. The minimum atomic E-state index is -0.915. The molecule has 0 unspecified atom stereocenters. The Morgan fingerprint density at radius 2 is 1.94 bits per heavy atom. The van der Waals surface area contributed by atoms with Gasteiger partial charge in [-0.1, -0.05) is 37.3 Å². The molecule has 0 aromatic heterocycles. The molecule has 1 heterocycles. The summed E-state index contributed by atoms with van der Waals surface area (Å²) in [6.07, 6.45) is 2.58. The van der Waals surface area contributed by atoms with Gasteiger partial charge < -0.3 is 0 Å². The van der Waals surface area contributed by atoms with Crippen LogP contribution in [0.15, 0.2) is 30.3 Å². The highest BCUT2D eigenvalue weighted by Crippen LogP contribution is 2.50. The number of halogens is 1. The predicted molar refractivity (Wildman–Crippen MR) is 67.5 cm³/mol. The smallest absolute Gasteiger partial charge is 0.124 e. The van der Waals surface area contributed by atoms with Crippen molar-refractivity contribution in [3.63, 3.8) is 0 Å². The van der Waals surface area contributed by atoms with E-state index in [1.165, 1.54) is 5.56 Å². The summed E-state index contributed by atoms with van der Waals surface area (Å²) in [5.74, 6) is 0. The fourth-order valence-electron chi connectivity index (χ4n) is 3.69. The molecule has 0 N–H and O–H groups in total. The molecule has 2 heteroatoms. The lowest BCUT2D eigenvalue weighted by Crippen LogP contribution is -2.47. The van der Waals surface area contributed by atoms with Crippen LogP contribution in [0.5, 0.6) is 0 Å². The normalized spacial score (nSPS) is 37.3. The number of rotatable bonds is 2. The van der Waals surface area contributed by atoms with Gasteiger partial charge in [-0.15, -0.1) is 0 Å². The molecule has 17 heavy (non-hydrogen) atoms. The first kappa shape index (κ1) is 11.2. The summed E-state index contributed by atoms with van der Waals surface area (Å²) >= 11 is 0. The van der Waals surface area contributed by atoms with E-state index in [1.807, 2.05) is 6.07 Å². The van der Waals surface area contributed by atoms with Crippen LogP contribution in [0.3, 0.4) is 0 Å². The highest BCUT2D eigenvalue weighted by Gasteiger charge is 2.51. The average molecular weight is 233 g/mol. The van der Waals surface area contributed by atoms with Gasteiger partial charge >= 0.3 is 0 Å². The first-order chi connectivity index (χ1) is 8.07. The van der Waals surface area contributed by atoms with Crippen LogP contribution in [0.4, 0.5) is 4.39 Å². The second-order valence-electron chi connectivity index (χ2n) is 6.27. The maximum atomic E-state index is 14.5. The van der Waals surface area contributed by atoms with Crippen molar-refractivity contribution in [1.82, 2.24) is 4.90 Å². The summed E-state index contributed by atoms with van der Waals surface area (Å²) in [7, 11) is 0. The van der Waals surface area contributed by atoms with Crippen LogP contribution in [0, 0.1) is 5.41 Å². The van der Waals surface area contributed by atoms with Crippen molar-refractivity contribution in [2.24, 2.45) is 5.41 Å². The molecule has 1 nitrogen and oxygen atoms in total. The SMILES string of the molecule is C[C@@]12CC[C@@](F)(CN(Cc3ccccc3)C1)C2. The fraction of sp³-hybridized carbons (Fsp3) is 0.600. The molecule has 1 aliphatic carbocycles. The van der Waals surface area contributed by atoms with Crippen LogP contribution in [0.2, 0.25) is 0 Å². The van der Waals surface area contributed by atoms with Gasteiger partial charge in [0.05, 0.1) is 0 Å². The van der Waals surface area contributed by atoms with Gasteiger partial charge in [0.1, 0.15) is 5.67 Å². The number of hydrogen-bond donors (Lipinski definition) is 0. The minimum Gasteiger partial charge on any atom is -0.295 e. The maximum absolute atomic E-state index is 14.5. The highest BCUT2D eigenvalue weighted by atomic mass is 19.1. The fourth-order valence-corrected chi connectivity index (χ4v) is 3.69. The second-order valence-corrected chi connectivity index (χ2v) is 6.27. The van der Waals surface area contributed by atoms with Gasteiger partial charge in [0, 0.05) is 19.6 Å². The Bertz CT molecular complexity index is 387. The molecule has 1 aromatic carbocycles. The van der Waals surface area contributed by atoms with Crippen molar-refractivity contribution in [3.05, 3.63) is 35.9 Å². The quantitative estimate of drug-likeness (QED) is 0.756. The molecule has 3 rings (SSSR count). The zero-order chi connectivity index (χ0) is 11.9. The molecule has 2 atom stereocenters. The van der Waals surface area contributed by atoms with Crippen molar-refractivity contribution in [3.8, 4) is 0 Å². The lowest BCUT2D eigenvalue weighted by atomic mass is 9.83. The third-order valence-electron chi connectivity index (χ3n) is 4.28. The van der Waals surface area contributed by atoms with Crippen molar-refractivity contribution in [2.75, 3.05) is 13.1 Å². The standard InChI is InChI=1S/C15H20FN/c1-14-7-8-15(16,10-14)12-17(11-14)9-13-5-3-2-4-6-13/h2-6H,7-12H2,1H3/t14-,15-/m0/s1. The van der Waals surface area contributed by atoms with E-state index in [4.69, 9.17) is 0 Å². The lowest BCUT2D eigenvalue weighted by molar-refractivity contribution is 0.0207. The van der Waals surface area contributed by atoms with E-state index >= 15 is 0 Å². The predicted octanol–water partition coefficient (Wildman–Crippen LogP) is 3.40. The largest absolute Gasteiger partial charge is 0.295 e. The number of benzene rings is 1. The monoisotopic (exact) mass is 233 g/mol. The number of piperidine rings is 1. The van der Waals surface area contributed by atoms with E-state index in [1.54, 1.807) is 0 Å². The zero-order valence-electron chi connectivity index (χ0n) is 10.5. The Kier molecular flexibility index (Phi) is 2.51. The topological polar surface area (TPSA) is 3.24 Å². The number of hydrogen-bond acceptors (Lipinski definition) is 1. The van der Waals surface area contributed by atoms with Crippen LogP contribution < -0.4 is 0 Å². The van der Waals surface area contributed by atoms with Crippen LogP contribution in [0.25, 0.3) is 0 Å². The molecule has 2 aliphatic rings. The van der Waals surface area contributed by atoms with Crippen molar-refractivity contribution >= 4 is 0 Å². The third kappa shape index (κ3) is 2.23. The van der Waals surface area contributed by atoms with E-state index in [2.05, 4.69) is 36.1 Å². The summed E-state index contributed by atoms with van der Waals surface area (Å²) in [6, 6.07) is 10.4. The van der Waals surface area contributed by atoms with E-state index in [9.17, 15) is 4.39 Å². The Morgan fingerprint density at radius 1 is 1.18 bits per heavy atom. The van der Waals surface area contributed by atoms with Crippen molar-refractivity contribution in [1.29, 1.82) is 0 Å². The Labute approximate surface area is 103 Å². The molecule has 2 fully saturated rings. The van der Waals surface area contributed by atoms with Crippen LogP contribution in [-0.2, 0) is 6.54 Å². The van der Waals surface area contributed by atoms with E-state index < -0.39 is 5.67 Å². The highest BCUT2D eigenvalue weighted by molar-refractivity contribution is 5.15. The zero-order valence-corrected chi connectivity index (χ0v) is 10.5. The molecule has 1 saturated heterocycles. The maximum Gasteiger partial charge on any atom is 0.124 e. The lowest BCUT2D eigenvalue weighted by Gasteiger charge is -2.40. The summed E-state index contributed by atoms with van der Waals surface area (Å²) in [5.41, 5.74) is 0.588. The summed E-state index contributed by atoms with van der Waals surface area (Å²) in [6.45, 7) is 4.80. The van der Waals surface area contributed by atoms with Crippen LogP contribution in [-0.4, -0.2) is 23.7 Å². The van der Waals surface area contributed by atoms with E-state index in [0.29, 0.717) is 6.54 Å². The van der Waals surface area contributed by atoms with Gasteiger partial charge in [0.15, 0.2) is 0 Å². The molecule has 92 valence electrons. The molecule has 0 radical (unpaired) electrons. The molecular formula is C15H20FN. The average Bonchev–Trinajstić information content (AvgIpc) is 2.49. The number of likely N-dealkylation sites (tertiary alicyclic amines) is 1. The molecule has 1 aromatic rings. The Hall–Kier alpha value is -0.890. The van der Waals surface area contributed by atoms with Gasteiger partial charge in [0.2, 0.25) is 0 Å². The number of nitrogens with zero attached hydrogens (tertiary/aromatic N) is 1. The van der Waals surface area contributed by atoms with Gasteiger partial charge in [-0.3, -0.25) is 4.90 Å². The number of fused-ring (bicyclic) bond motifs is 2. The van der Waals surface area contributed by atoms with Crippen LogP contribution in [0.1, 0.15) is 31.7 Å². The molecule has 1 saturated carbocycles. The Balaban J connectivity index is 1.74. The summed E-state index contributed by atoms with van der Waals surface area (Å²) in [5, 5.41) is 0. The van der Waals surface area contributed by atoms with Gasteiger partial charge in [-0.05, 0) is 30.2 Å². The first-order valence-corrected chi connectivity index (χ1v) is 6.52.